The molecule has 0 aliphatic heterocycles. The van der Waals surface area contributed by atoms with Crippen molar-refractivity contribution in [2.75, 3.05) is 5.75 Å². The van der Waals surface area contributed by atoms with Crippen LogP contribution in [0.1, 0.15) is 37.3 Å². The van der Waals surface area contributed by atoms with E-state index in [0.717, 1.165) is 28.0 Å². The van der Waals surface area contributed by atoms with Gasteiger partial charge in [-0.15, -0.1) is 11.8 Å². The number of aryl methyl sites for hydroxylation is 1. The fraction of sp³-hybridized carbons (Fsp3) is 0.333. The fourth-order valence-electron chi connectivity index (χ4n) is 2.69. The van der Waals surface area contributed by atoms with Gasteiger partial charge in [-0.25, -0.2) is 4.98 Å². The molecule has 22 heavy (non-hydrogen) atoms. The third kappa shape index (κ3) is 2.57. The standard InChI is InChI=1S/C18H19N3S/c1-3-4-7-10-22-17-11-13(2)14(12-19)18-20-15-8-5-6-9-16(15)21(17)18/h5-6,8-9,11H,3-4,7,10H2,1-2H3. The fourth-order valence-corrected chi connectivity index (χ4v) is 3.82. The number of fused-ring (bicyclic) bond motifs is 3. The van der Waals surface area contributed by atoms with E-state index in [9.17, 15) is 5.26 Å². The Hall–Kier alpha value is -1.99. The highest BCUT2D eigenvalue weighted by Gasteiger charge is 2.14. The van der Waals surface area contributed by atoms with Crippen molar-refractivity contribution in [2.24, 2.45) is 0 Å². The molecule has 0 spiro atoms. The van der Waals surface area contributed by atoms with E-state index in [1.165, 1.54) is 24.3 Å². The highest BCUT2D eigenvalue weighted by molar-refractivity contribution is 7.99. The second-order valence-electron chi connectivity index (χ2n) is 5.47. The van der Waals surface area contributed by atoms with Crippen LogP contribution in [-0.2, 0) is 0 Å². The molecular weight excluding hydrogens is 290 g/mol. The van der Waals surface area contributed by atoms with Gasteiger partial charge < -0.3 is 0 Å². The van der Waals surface area contributed by atoms with Gasteiger partial charge in [0.15, 0.2) is 5.65 Å². The average molecular weight is 309 g/mol. The lowest BCUT2D eigenvalue weighted by Crippen LogP contribution is -1.97. The van der Waals surface area contributed by atoms with Gasteiger partial charge in [-0.3, -0.25) is 4.40 Å². The van der Waals surface area contributed by atoms with E-state index >= 15 is 0 Å². The number of imidazole rings is 1. The van der Waals surface area contributed by atoms with Crippen molar-refractivity contribution in [3.63, 3.8) is 0 Å². The summed E-state index contributed by atoms with van der Waals surface area (Å²) < 4.78 is 2.14. The van der Waals surface area contributed by atoms with Crippen LogP contribution in [0.25, 0.3) is 16.7 Å². The van der Waals surface area contributed by atoms with Gasteiger partial charge in [-0.05, 0) is 42.9 Å². The summed E-state index contributed by atoms with van der Waals surface area (Å²) in [6.45, 7) is 4.21. The molecule has 3 rings (SSSR count). The van der Waals surface area contributed by atoms with Crippen LogP contribution in [0, 0.1) is 18.3 Å². The van der Waals surface area contributed by atoms with Crippen LogP contribution < -0.4 is 0 Å². The van der Waals surface area contributed by atoms with Crippen molar-refractivity contribution in [3.8, 4) is 6.07 Å². The van der Waals surface area contributed by atoms with Gasteiger partial charge in [-0.2, -0.15) is 5.26 Å². The molecule has 0 saturated heterocycles. The number of benzene rings is 1. The zero-order valence-corrected chi connectivity index (χ0v) is 13.8. The number of para-hydroxylation sites is 2. The zero-order valence-electron chi connectivity index (χ0n) is 13.0. The van der Waals surface area contributed by atoms with Gasteiger partial charge in [0.25, 0.3) is 0 Å². The van der Waals surface area contributed by atoms with Crippen LogP contribution in [0.2, 0.25) is 0 Å². The number of rotatable bonds is 5. The molecule has 0 aliphatic carbocycles. The molecule has 112 valence electrons. The van der Waals surface area contributed by atoms with Crippen molar-refractivity contribution in [3.05, 3.63) is 41.5 Å². The topological polar surface area (TPSA) is 41.1 Å². The van der Waals surface area contributed by atoms with Gasteiger partial charge >= 0.3 is 0 Å². The minimum absolute atomic E-state index is 0.675. The Morgan fingerprint density at radius 2 is 2.09 bits per heavy atom. The lowest BCUT2D eigenvalue weighted by Gasteiger charge is -2.09. The van der Waals surface area contributed by atoms with Gasteiger partial charge in [0, 0.05) is 0 Å². The van der Waals surface area contributed by atoms with Crippen LogP contribution in [0.3, 0.4) is 0 Å². The molecule has 2 heterocycles. The number of unbranched alkanes of at least 4 members (excludes halogenated alkanes) is 2. The highest BCUT2D eigenvalue weighted by atomic mass is 32.2. The summed E-state index contributed by atoms with van der Waals surface area (Å²) in [7, 11) is 0. The lowest BCUT2D eigenvalue weighted by atomic mass is 10.2. The maximum Gasteiger partial charge on any atom is 0.157 e. The Labute approximate surface area is 135 Å². The second-order valence-corrected chi connectivity index (χ2v) is 6.58. The number of nitriles is 1. The van der Waals surface area contributed by atoms with Gasteiger partial charge in [0.2, 0.25) is 0 Å². The SMILES string of the molecule is CCCCCSc1cc(C)c(C#N)c2nc3ccccc3n12. The maximum atomic E-state index is 9.47. The predicted octanol–water partition coefficient (Wildman–Crippen LogP) is 4.95. The number of thioether (sulfide) groups is 1. The van der Waals surface area contributed by atoms with Gasteiger partial charge in [0.05, 0.1) is 21.6 Å². The van der Waals surface area contributed by atoms with Crippen LogP contribution >= 0.6 is 11.8 Å². The van der Waals surface area contributed by atoms with Crippen LogP contribution in [0.5, 0.6) is 0 Å². The molecular formula is C18H19N3S. The molecule has 0 aliphatic rings. The molecule has 0 N–H and O–H groups in total. The van der Waals surface area contributed by atoms with Crippen molar-refractivity contribution in [1.29, 1.82) is 5.26 Å². The molecule has 0 atom stereocenters. The van der Waals surface area contributed by atoms with E-state index in [0.29, 0.717) is 5.56 Å². The molecule has 0 unspecified atom stereocenters. The minimum atomic E-state index is 0.675. The molecule has 3 aromatic rings. The Balaban J connectivity index is 2.16. The quantitative estimate of drug-likeness (QED) is 0.494. The van der Waals surface area contributed by atoms with Crippen molar-refractivity contribution < 1.29 is 0 Å². The monoisotopic (exact) mass is 309 g/mol. The summed E-state index contributed by atoms with van der Waals surface area (Å²) in [5, 5.41) is 10.6. The summed E-state index contributed by atoms with van der Waals surface area (Å²) in [6.07, 6.45) is 3.71. The van der Waals surface area contributed by atoms with E-state index in [4.69, 9.17) is 0 Å². The lowest BCUT2D eigenvalue weighted by molar-refractivity contribution is 0.778. The Kier molecular flexibility index (Phi) is 4.35. The molecule has 1 aromatic carbocycles. The number of nitrogens with zero attached hydrogens (tertiary/aromatic N) is 3. The van der Waals surface area contributed by atoms with Crippen LogP contribution in [0.15, 0.2) is 35.4 Å². The van der Waals surface area contributed by atoms with Crippen molar-refractivity contribution >= 4 is 28.4 Å². The summed E-state index contributed by atoms with van der Waals surface area (Å²) in [5.41, 5.74) is 4.48. The smallest absolute Gasteiger partial charge is 0.157 e. The Bertz CT molecular complexity index is 858. The van der Waals surface area contributed by atoms with E-state index in [2.05, 4.69) is 34.5 Å². The second kappa shape index (κ2) is 6.41. The van der Waals surface area contributed by atoms with Gasteiger partial charge in [0.1, 0.15) is 6.07 Å². The molecule has 0 amide bonds. The third-order valence-electron chi connectivity index (χ3n) is 3.85. The first-order valence-electron chi connectivity index (χ1n) is 7.70. The number of hydrogen-bond acceptors (Lipinski definition) is 3. The summed E-state index contributed by atoms with van der Waals surface area (Å²) in [6, 6.07) is 12.5. The molecule has 0 bridgehead atoms. The van der Waals surface area contributed by atoms with E-state index in [1.807, 2.05) is 36.9 Å². The Morgan fingerprint density at radius 3 is 2.86 bits per heavy atom. The Morgan fingerprint density at radius 1 is 1.27 bits per heavy atom. The maximum absolute atomic E-state index is 9.47. The van der Waals surface area contributed by atoms with Crippen molar-refractivity contribution in [1.82, 2.24) is 9.38 Å². The first kappa shape index (κ1) is 14.9. The summed E-state index contributed by atoms with van der Waals surface area (Å²) >= 11 is 1.86. The number of hydrogen-bond donors (Lipinski definition) is 0. The number of pyridine rings is 1. The van der Waals surface area contributed by atoms with E-state index in [-0.39, 0.29) is 0 Å². The summed E-state index contributed by atoms with van der Waals surface area (Å²) in [4.78, 5) is 4.68. The van der Waals surface area contributed by atoms with Crippen molar-refractivity contribution in [2.45, 2.75) is 38.1 Å². The average Bonchev–Trinajstić information content (AvgIpc) is 2.91. The predicted molar refractivity (Wildman–Crippen MR) is 92.4 cm³/mol. The molecule has 0 radical (unpaired) electrons. The van der Waals surface area contributed by atoms with E-state index < -0.39 is 0 Å². The highest BCUT2D eigenvalue weighted by Crippen LogP contribution is 2.29. The zero-order chi connectivity index (χ0) is 15.5. The van der Waals surface area contributed by atoms with Gasteiger partial charge in [-0.1, -0.05) is 31.9 Å². The number of aromatic nitrogens is 2. The minimum Gasteiger partial charge on any atom is -0.286 e. The largest absolute Gasteiger partial charge is 0.286 e. The molecule has 0 fully saturated rings. The first-order chi connectivity index (χ1) is 10.8. The van der Waals surface area contributed by atoms with Crippen LogP contribution in [0.4, 0.5) is 0 Å². The van der Waals surface area contributed by atoms with Crippen LogP contribution in [-0.4, -0.2) is 15.1 Å². The summed E-state index contributed by atoms with van der Waals surface area (Å²) in [5.74, 6) is 1.10. The first-order valence-corrected chi connectivity index (χ1v) is 8.68. The molecule has 4 heteroatoms. The third-order valence-corrected chi connectivity index (χ3v) is 4.94. The molecule has 3 nitrogen and oxygen atoms in total. The molecule has 0 saturated carbocycles. The molecule has 2 aromatic heterocycles. The normalized spacial score (nSPS) is 11.1. The van der Waals surface area contributed by atoms with E-state index in [1.54, 1.807) is 0 Å².